The van der Waals surface area contributed by atoms with Gasteiger partial charge in [-0.05, 0) is 32.0 Å². The van der Waals surface area contributed by atoms with Crippen molar-refractivity contribution in [2.45, 2.75) is 24.8 Å². The third kappa shape index (κ3) is 2.62. The van der Waals surface area contributed by atoms with E-state index in [-0.39, 0.29) is 10.9 Å². The molecule has 25 heavy (non-hydrogen) atoms. The smallest absolute Gasteiger partial charge is 0.268 e. The van der Waals surface area contributed by atoms with Crippen LogP contribution in [-0.2, 0) is 10.0 Å². The molecule has 0 aliphatic carbocycles. The lowest BCUT2D eigenvalue weighted by Crippen LogP contribution is -2.20. The van der Waals surface area contributed by atoms with Crippen molar-refractivity contribution in [1.82, 2.24) is 9.29 Å². The van der Waals surface area contributed by atoms with E-state index in [4.69, 9.17) is 0 Å². The molecule has 0 saturated carbocycles. The first-order chi connectivity index (χ1) is 12.0. The minimum atomic E-state index is -3.65. The standard InChI is InChI=1S/C19H19N3O2S/c1-13-7-9-15(10-8-13)25(23,24)22-12-17(18-11-20-14(2)21-18)16-5-3-4-6-19(16)22/h3-10,12,18H,11H2,1-2H3,(H,20,21). The Morgan fingerprint density at radius 1 is 1.08 bits per heavy atom. The van der Waals surface area contributed by atoms with Crippen LogP contribution in [0.2, 0.25) is 0 Å². The summed E-state index contributed by atoms with van der Waals surface area (Å²) in [7, 11) is -3.65. The number of aryl methyl sites for hydroxylation is 1. The molecule has 4 rings (SSSR count). The minimum Gasteiger partial charge on any atom is -0.365 e. The molecule has 0 bridgehead atoms. The van der Waals surface area contributed by atoms with Crippen LogP contribution in [0.1, 0.15) is 24.1 Å². The Bertz CT molecular complexity index is 1080. The average Bonchev–Trinajstić information content (AvgIpc) is 3.19. The molecular formula is C19H19N3O2S. The number of rotatable bonds is 3. The summed E-state index contributed by atoms with van der Waals surface area (Å²) in [5, 5.41) is 4.25. The maximum Gasteiger partial charge on any atom is 0.268 e. The highest BCUT2D eigenvalue weighted by atomic mass is 32.2. The monoisotopic (exact) mass is 353 g/mol. The summed E-state index contributed by atoms with van der Waals surface area (Å²) < 4.78 is 27.7. The van der Waals surface area contributed by atoms with Crippen molar-refractivity contribution < 1.29 is 8.42 Å². The van der Waals surface area contributed by atoms with Gasteiger partial charge in [0.25, 0.3) is 10.0 Å². The van der Waals surface area contributed by atoms with Gasteiger partial charge < -0.3 is 5.32 Å². The fourth-order valence-electron chi connectivity index (χ4n) is 3.22. The highest BCUT2D eigenvalue weighted by molar-refractivity contribution is 7.90. The first-order valence-corrected chi connectivity index (χ1v) is 9.60. The van der Waals surface area contributed by atoms with Crippen molar-refractivity contribution in [3.8, 4) is 0 Å². The first-order valence-electron chi connectivity index (χ1n) is 8.16. The zero-order chi connectivity index (χ0) is 17.6. The molecule has 1 N–H and O–H groups in total. The van der Waals surface area contributed by atoms with Crippen molar-refractivity contribution >= 4 is 26.8 Å². The van der Waals surface area contributed by atoms with Crippen LogP contribution in [0.5, 0.6) is 0 Å². The number of nitrogens with one attached hydrogen (secondary N) is 1. The van der Waals surface area contributed by atoms with Crippen molar-refractivity contribution in [2.75, 3.05) is 6.54 Å². The summed E-state index contributed by atoms with van der Waals surface area (Å²) in [6.07, 6.45) is 1.73. The van der Waals surface area contributed by atoms with E-state index < -0.39 is 10.0 Å². The number of nitrogens with zero attached hydrogens (tertiary/aromatic N) is 2. The number of aliphatic imine (C=N–C) groups is 1. The van der Waals surface area contributed by atoms with Gasteiger partial charge in [-0.25, -0.2) is 12.4 Å². The number of hydrogen-bond donors (Lipinski definition) is 1. The molecule has 2 aromatic carbocycles. The van der Waals surface area contributed by atoms with Crippen LogP contribution in [-0.4, -0.2) is 24.8 Å². The van der Waals surface area contributed by atoms with Gasteiger partial charge in [0.05, 0.1) is 28.8 Å². The molecule has 0 spiro atoms. The Morgan fingerprint density at radius 2 is 1.80 bits per heavy atom. The number of benzene rings is 2. The quantitative estimate of drug-likeness (QED) is 0.786. The predicted octanol–water partition coefficient (Wildman–Crippen LogP) is 3.25. The Labute approximate surface area is 147 Å². The van der Waals surface area contributed by atoms with Crippen molar-refractivity contribution in [2.24, 2.45) is 4.99 Å². The summed E-state index contributed by atoms with van der Waals surface area (Å²) in [5.41, 5.74) is 2.66. The molecule has 128 valence electrons. The normalized spacial score (nSPS) is 17.5. The van der Waals surface area contributed by atoms with Gasteiger partial charge >= 0.3 is 0 Å². The second-order valence-electron chi connectivity index (χ2n) is 6.34. The van der Waals surface area contributed by atoms with Crippen LogP contribution in [0, 0.1) is 6.92 Å². The number of para-hydroxylation sites is 1. The van der Waals surface area contributed by atoms with Gasteiger partial charge in [0.1, 0.15) is 0 Å². The molecule has 3 aromatic rings. The summed E-state index contributed by atoms with van der Waals surface area (Å²) in [6.45, 7) is 4.47. The summed E-state index contributed by atoms with van der Waals surface area (Å²) >= 11 is 0. The van der Waals surface area contributed by atoms with E-state index in [0.29, 0.717) is 12.1 Å². The van der Waals surface area contributed by atoms with E-state index in [1.54, 1.807) is 18.3 Å². The molecule has 0 radical (unpaired) electrons. The van der Waals surface area contributed by atoms with E-state index >= 15 is 0 Å². The summed E-state index contributed by atoms with van der Waals surface area (Å²) in [4.78, 5) is 4.68. The molecule has 1 aliphatic heterocycles. The third-order valence-electron chi connectivity index (χ3n) is 4.56. The van der Waals surface area contributed by atoms with Crippen molar-refractivity contribution in [3.05, 3.63) is 65.9 Å². The zero-order valence-electron chi connectivity index (χ0n) is 14.1. The number of hydrogen-bond acceptors (Lipinski definition) is 4. The van der Waals surface area contributed by atoms with Gasteiger partial charge in [-0.3, -0.25) is 4.99 Å². The largest absolute Gasteiger partial charge is 0.365 e. The van der Waals surface area contributed by atoms with E-state index in [2.05, 4.69) is 10.3 Å². The van der Waals surface area contributed by atoms with Crippen LogP contribution in [0.3, 0.4) is 0 Å². The minimum absolute atomic E-state index is 0.000585. The molecule has 0 amide bonds. The maximum absolute atomic E-state index is 13.2. The molecular weight excluding hydrogens is 334 g/mol. The lowest BCUT2D eigenvalue weighted by molar-refractivity contribution is 0.588. The fraction of sp³-hybridized carbons (Fsp3) is 0.211. The third-order valence-corrected chi connectivity index (χ3v) is 6.24. The van der Waals surface area contributed by atoms with E-state index in [1.165, 1.54) is 3.97 Å². The van der Waals surface area contributed by atoms with Crippen LogP contribution in [0.15, 0.2) is 64.6 Å². The van der Waals surface area contributed by atoms with Gasteiger partial charge in [-0.1, -0.05) is 35.9 Å². The first kappa shape index (κ1) is 15.9. The molecule has 1 aromatic heterocycles. The van der Waals surface area contributed by atoms with Crippen molar-refractivity contribution in [3.63, 3.8) is 0 Å². The highest BCUT2D eigenvalue weighted by Gasteiger charge is 2.26. The Morgan fingerprint density at radius 3 is 2.48 bits per heavy atom. The van der Waals surface area contributed by atoms with E-state index in [1.807, 2.05) is 50.2 Å². The summed E-state index contributed by atoms with van der Waals surface area (Å²) in [5.74, 6) is 0.878. The Hall–Kier alpha value is -2.60. The molecule has 6 heteroatoms. The van der Waals surface area contributed by atoms with E-state index in [0.717, 1.165) is 22.3 Å². The van der Waals surface area contributed by atoms with Crippen LogP contribution in [0.25, 0.3) is 10.9 Å². The molecule has 5 nitrogen and oxygen atoms in total. The Balaban J connectivity index is 1.89. The van der Waals surface area contributed by atoms with Gasteiger partial charge in [-0.15, -0.1) is 0 Å². The summed E-state index contributed by atoms with van der Waals surface area (Å²) in [6, 6.07) is 14.5. The van der Waals surface area contributed by atoms with Crippen LogP contribution >= 0.6 is 0 Å². The molecule has 1 atom stereocenters. The molecule has 2 heterocycles. The van der Waals surface area contributed by atoms with Gasteiger partial charge in [0, 0.05) is 17.1 Å². The number of fused-ring (bicyclic) bond motifs is 1. The van der Waals surface area contributed by atoms with Crippen LogP contribution < -0.4 is 5.32 Å². The fourth-order valence-corrected chi connectivity index (χ4v) is 4.60. The molecule has 0 saturated heterocycles. The van der Waals surface area contributed by atoms with Gasteiger partial charge in [-0.2, -0.15) is 0 Å². The number of aromatic nitrogens is 1. The lowest BCUT2D eigenvalue weighted by atomic mass is 10.1. The van der Waals surface area contributed by atoms with Gasteiger partial charge in [0.2, 0.25) is 0 Å². The maximum atomic E-state index is 13.2. The zero-order valence-corrected chi connectivity index (χ0v) is 14.9. The molecule has 0 fully saturated rings. The Kier molecular flexibility index (Phi) is 3.65. The van der Waals surface area contributed by atoms with Gasteiger partial charge in [0.15, 0.2) is 0 Å². The SMILES string of the molecule is CC1=NCC(c2cn(S(=O)(=O)c3ccc(C)cc3)c3ccccc23)N1. The highest BCUT2D eigenvalue weighted by Crippen LogP contribution is 2.31. The topological polar surface area (TPSA) is 63.5 Å². The predicted molar refractivity (Wildman–Crippen MR) is 99.6 cm³/mol. The molecule has 1 aliphatic rings. The van der Waals surface area contributed by atoms with Crippen LogP contribution in [0.4, 0.5) is 0 Å². The molecule has 1 unspecified atom stereocenters. The average molecular weight is 353 g/mol. The van der Waals surface area contributed by atoms with Crippen molar-refractivity contribution in [1.29, 1.82) is 0 Å². The lowest BCUT2D eigenvalue weighted by Gasteiger charge is -2.09. The van der Waals surface area contributed by atoms with E-state index in [9.17, 15) is 8.42 Å². The number of amidine groups is 1. The second-order valence-corrected chi connectivity index (χ2v) is 8.15. The second kappa shape index (κ2) is 5.74.